The molecule has 96 valence electrons. The standard InChI is InChI=1S/C13H18F3N/c1-3-9-17(10-4-2)12-7-5-11(6-8-12)13(14,15)16/h5-8H,3-4,9-10H2,1-2H3. The van der Waals surface area contributed by atoms with E-state index in [1.165, 1.54) is 0 Å². The summed E-state index contributed by atoms with van der Waals surface area (Å²) in [6, 6.07) is 5.39. The summed E-state index contributed by atoms with van der Waals surface area (Å²) >= 11 is 0. The molecule has 0 unspecified atom stereocenters. The molecule has 0 heterocycles. The molecular formula is C13H18F3N. The summed E-state index contributed by atoms with van der Waals surface area (Å²) in [4.78, 5) is 2.11. The van der Waals surface area contributed by atoms with Crippen LogP contribution >= 0.6 is 0 Å². The van der Waals surface area contributed by atoms with Crippen molar-refractivity contribution in [2.75, 3.05) is 18.0 Å². The van der Waals surface area contributed by atoms with E-state index in [-0.39, 0.29) is 0 Å². The van der Waals surface area contributed by atoms with Crippen LogP contribution in [0, 0.1) is 0 Å². The third kappa shape index (κ3) is 3.95. The molecule has 0 radical (unpaired) electrons. The third-order valence-electron chi connectivity index (χ3n) is 2.55. The lowest BCUT2D eigenvalue weighted by Gasteiger charge is -2.24. The van der Waals surface area contributed by atoms with E-state index in [0.717, 1.165) is 43.8 Å². The third-order valence-corrected chi connectivity index (χ3v) is 2.55. The van der Waals surface area contributed by atoms with Gasteiger partial charge in [-0.15, -0.1) is 0 Å². The summed E-state index contributed by atoms with van der Waals surface area (Å²) in [5, 5.41) is 0. The fraction of sp³-hybridized carbons (Fsp3) is 0.538. The molecule has 0 atom stereocenters. The lowest BCUT2D eigenvalue weighted by Crippen LogP contribution is -2.24. The van der Waals surface area contributed by atoms with Crippen molar-refractivity contribution in [1.82, 2.24) is 0 Å². The van der Waals surface area contributed by atoms with E-state index >= 15 is 0 Å². The molecule has 0 aliphatic heterocycles. The molecule has 0 aromatic heterocycles. The summed E-state index contributed by atoms with van der Waals surface area (Å²) in [7, 11) is 0. The van der Waals surface area contributed by atoms with Crippen LogP contribution < -0.4 is 4.90 Å². The summed E-state index contributed by atoms with van der Waals surface area (Å²) in [5.41, 5.74) is 0.274. The Morgan fingerprint density at radius 3 is 1.76 bits per heavy atom. The van der Waals surface area contributed by atoms with Crippen molar-refractivity contribution < 1.29 is 13.2 Å². The minimum Gasteiger partial charge on any atom is -0.372 e. The average Bonchev–Trinajstić information content (AvgIpc) is 2.28. The molecule has 0 amide bonds. The molecule has 0 bridgehead atoms. The van der Waals surface area contributed by atoms with Crippen LogP contribution in [0.2, 0.25) is 0 Å². The van der Waals surface area contributed by atoms with Crippen molar-refractivity contribution in [3.8, 4) is 0 Å². The van der Waals surface area contributed by atoms with Crippen LogP contribution in [0.15, 0.2) is 24.3 Å². The van der Waals surface area contributed by atoms with Crippen molar-refractivity contribution in [2.45, 2.75) is 32.9 Å². The van der Waals surface area contributed by atoms with Crippen molar-refractivity contribution in [3.05, 3.63) is 29.8 Å². The van der Waals surface area contributed by atoms with Crippen molar-refractivity contribution in [2.24, 2.45) is 0 Å². The number of alkyl halides is 3. The fourth-order valence-corrected chi connectivity index (χ4v) is 1.77. The van der Waals surface area contributed by atoms with Gasteiger partial charge >= 0.3 is 6.18 Å². The molecule has 0 aliphatic rings. The Morgan fingerprint density at radius 2 is 1.41 bits per heavy atom. The van der Waals surface area contributed by atoms with Crippen LogP contribution in [0.3, 0.4) is 0 Å². The monoisotopic (exact) mass is 245 g/mol. The van der Waals surface area contributed by atoms with Crippen molar-refractivity contribution >= 4 is 5.69 Å². The highest BCUT2D eigenvalue weighted by Crippen LogP contribution is 2.30. The Hall–Kier alpha value is -1.19. The zero-order valence-electron chi connectivity index (χ0n) is 10.2. The number of hydrogen-bond donors (Lipinski definition) is 0. The molecule has 1 nitrogen and oxygen atoms in total. The van der Waals surface area contributed by atoms with E-state index in [9.17, 15) is 13.2 Å². The maximum absolute atomic E-state index is 12.4. The van der Waals surface area contributed by atoms with E-state index in [1.807, 2.05) is 0 Å². The number of rotatable bonds is 5. The van der Waals surface area contributed by atoms with Crippen molar-refractivity contribution in [1.29, 1.82) is 0 Å². The van der Waals surface area contributed by atoms with Crippen LogP contribution in [0.1, 0.15) is 32.3 Å². The molecule has 0 aliphatic carbocycles. The number of benzene rings is 1. The van der Waals surface area contributed by atoms with E-state index in [2.05, 4.69) is 18.7 Å². The summed E-state index contributed by atoms with van der Waals surface area (Å²) in [6.07, 6.45) is -2.28. The van der Waals surface area contributed by atoms with Gasteiger partial charge in [0.05, 0.1) is 5.56 Å². The topological polar surface area (TPSA) is 3.24 Å². The molecule has 0 saturated heterocycles. The molecule has 0 spiro atoms. The first-order valence-electron chi connectivity index (χ1n) is 5.91. The highest BCUT2D eigenvalue weighted by Gasteiger charge is 2.30. The molecule has 1 aromatic carbocycles. The van der Waals surface area contributed by atoms with Gasteiger partial charge in [-0.05, 0) is 37.1 Å². The SMILES string of the molecule is CCCN(CCC)c1ccc(C(F)(F)F)cc1. The lowest BCUT2D eigenvalue weighted by atomic mass is 10.2. The number of halogens is 3. The zero-order chi connectivity index (χ0) is 12.9. The predicted molar refractivity (Wildman–Crippen MR) is 64.2 cm³/mol. The van der Waals surface area contributed by atoms with Crippen LogP contribution in [-0.2, 0) is 6.18 Å². The second-order valence-electron chi connectivity index (χ2n) is 4.03. The van der Waals surface area contributed by atoms with Crippen LogP contribution in [0.4, 0.5) is 18.9 Å². The predicted octanol–water partition coefficient (Wildman–Crippen LogP) is 4.33. The number of hydrogen-bond acceptors (Lipinski definition) is 1. The van der Waals surface area contributed by atoms with Gasteiger partial charge in [0.2, 0.25) is 0 Å². The molecule has 1 aromatic rings. The number of anilines is 1. The zero-order valence-corrected chi connectivity index (χ0v) is 10.2. The molecule has 1 rings (SSSR count). The van der Waals surface area contributed by atoms with Gasteiger partial charge in [0, 0.05) is 18.8 Å². The van der Waals surface area contributed by atoms with Gasteiger partial charge in [-0.1, -0.05) is 13.8 Å². The van der Waals surface area contributed by atoms with E-state index < -0.39 is 11.7 Å². The quantitative estimate of drug-likeness (QED) is 0.746. The average molecular weight is 245 g/mol. The second kappa shape index (κ2) is 5.94. The molecule has 0 fully saturated rings. The first kappa shape index (κ1) is 13.9. The lowest BCUT2D eigenvalue weighted by molar-refractivity contribution is -0.137. The van der Waals surface area contributed by atoms with Gasteiger partial charge in [0.1, 0.15) is 0 Å². The molecule has 0 saturated carbocycles. The number of nitrogens with zero attached hydrogens (tertiary/aromatic N) is 1. The minimum atomic E-state index is -4.25. The maximum atomic E-state index is 12.4. The smallest absolute Gasteiger partial charge is 0.372 e. The highest BCUT2D eigenvalue weighted by atomic mass is 19.4. The minimum absolute atomic E-state index is 0.589. The Bertz CT molecular complexity index is 324. The first-order chi connectivity index (χ1) is 7.99. The maximum Gasteiger partial charge on any atom is 0.416 e. The van der Waals surface area contributed by atoms with E-state index in [4.69, 9.17) is 0 Å². The molecule has 0 N–H and O–H groups in total. The normalized spacial score (nSPS) is 11.6. The summed E-state index contributed by atoms with van der Waals surface area (Å²) in [6.45, 7) is 5.87. The first-order valence-corrected chi connectivity index (χ1v) is 5.91. The van der Waals surface area contributed by atoms with E-state index in [1.54, 1.807) is 12.1 Å². The van der Waals surface area contributed by atoms with Gasteiger partial charge in [-0.3, -0.25) is 0 Å². The van der Waals surface area contributed by atoms with Crippen molar-refractivity contribution in [3.63, 3.8) is 0 Å². The molecule has 4 heteroatoms. The van der Waals surface area contributed by atoms with Crippen LogP contribution in [0.25, 0.3) is 0 Å². The largest absolute Gasteiger partial charge is 0.416 e. The summed E-state index contributed by atoms with van der Waals surface area (Å²) < 4.78 is 37.2. The fourth-order valence-electron chi connectivity index (χ4n) is 1.77. The van der Waals surface area contributed by atoms with Crippen LogP contribution in [0.5, 0.6) is 0 Å². The van der Waals surface area contributed by atoms with Gasteiger partial charge in [-0.25, -0.2) is 0 Å². The van der Waals surface area contributed by atoms with Gasteiger partial charge < -0.3 is 4.90 Å². The Kier molecular flexibility index (Phi) is 4.85. The van der Waals surface area contributed by atoms with Gasteiger partial charge in [-0.2, -0.15) is 13.2 Å². The Balaban J connectivity index is 2.84. The Morgan fingerprint density at radius 1 is 0.941 bits per heavy atom. The van der Waals surface area contributed by atoms with Crippen LogP contribution in [-0.4, -0.2) is 13.1 Å². The summed E-state index contributed by atoms with van der Waals surface area (Å²) in [5.74, 6) is 0. The highest BCUT2D eigenvalue weighted by molar-refractivity contribution is 5.47. The molecule has 17 heavy (non-hydrogen) atoms. The Labute approximate surface area is 100 Å². The molecular weight excluding hydrogens is 227 g/mol. The van der Waals surface area contributed by atoms with Gasteiger partial charge in [0.25, 0.3) is 0 Å². The van der Waals surface area contributed by atoms with E-state index in [0.29, 0.717) is 0 Å². The second-order valence-corrected chi connectivity index (χ2v) is 4.03. The van der Waals surface area contributed by atoms with Gasteiger partial charge in [0.15, 0.2) is 0 Å².